The van der Waals surface area contributed by atoms with Crippen molar-refractivity contribution < 1.29 is 0 Å². The molecule has 0 radical (unpaired) electrons. The number of nitrogens with zero attached hydrogens (tertiary/aromatic N) is 2. The standard InChI is InChI=1S/C10H14N4S/c1-7-10(15-6-13-7)5-11-3-9-4-12-8(2)14-9/h4,6,11H,3,5H2,1-2H3,(H,12,14). The Morgan fingerprint density at radius 3 is 2.80 bits per heavy atom. The number of hydrogen-bond donors (Lipinski definition) is 2. The van der Waals surface area contributed by atoms with E-state index in [0.29, 0.717) is 0 Å². The molecule has 0 unspecified atom stereocenters. The maximum Gasteiger partial charge on any atom is 0.103 e. The molecule has 2 heterocycles. The first-order valence-corrected chi connectivity index (χ1v) is 5.74. The maximum absolute atomic E-state index is 4.20. The van der Waals surface area contributed by atoms with Gasteiger partial charge in [-0.3, -0.25) is 0 Å². The van der Waals surface area contributed by atoms with E-state index in [1.54, 1.807) is 11.3 Å². The van der Waals surface area contributed by atoms with Gasteiger partial charge in [-0.2, -0.15) is 0 Å². The highest BCUT2D eigenvalue weighted by Gasteiger charge is 2.01. The Bertz CT molecular complexity index is 432. The van der Waals surface area contributed by atoms with E-state index in [1.807, 2.05) is 25.6 Å². The van der Waals surface area contributed by atoms with Gasteiger partial charge in [0.1, 0.15) is 5.82 Å². The zero-order chi connectivity index (χ0) is 10.7. The smallest absolute Gasteiger partial charge is 0.103 e. The summed E-state index contributed by atoms with van der Waals surface area (Å²) in [7, 11) is 0. The van der Waals surface area contributed by atoms with Crippen LogP contribution in [0.5, 0.6) is 0 Å². The quantitative estimate of drug-likeness (QED) is 0.829. The van der Waals surface area contributed by atoms with Crippen LogP contribution >= 0.6 is 11.3 Å². The Morgan fingerprint density at radius 2 is 2.20 bits per heavy atom. The van der Waals surface area contributed by atoms with Crippen molar-refractivity contribution in [3.63, 3.8) is 0 Å². The molecule has 2 rings (SSSR count). The van der Waals surface area contributed by atoms with Gasteiger partial charge < -0.3 is 10.3 Å². The van der Waals surface area contributed by atoms with E-state index in [2.05, 4.69) is 20.3 Å². The van der Waals surface area contributed by atoms with Crippen LogP contribution in [0, 0.1) is 13.8 Å². The largest absolute Gasteiger partial charge is 0.345 e. The van der Waals surface area contributed by atoms with E-state index in [9.17, 15) is 0 Å². The lowest BCUT2D eigenvalue weighted by Gasteiger charge is -2.01. The summed E-state index contributed by atoms with van der Waals surface area (Å²) in [4.78, 5) is 12.8. The van der Waals surface area contributed by atoms with Crippen LogP contribution in [0.4, 0.5) is 0 Å². The molecule has 2 aromatic rings. The first-order valence-electron chi connectivity index (χ1n) is 4.86. The summed E-state index contributed by atoms with van der Waals surface area (Å²) in [5, 5.41) is 3.36. The van der Waals surface area contributed by atoms with Crippen LogP contribution in [0.2, 0.25) is 0 Å². The highest BCUT2D eigenvalue weighted by atomic mass is 32.1. The van der Waals surface area contributed by atoms with Crippen molar-refractivity contribution in [3.8, 4) is 0 Å². The molecule has 0 saturated carbocycles. The third-order valence-electron chi connectivity index (χ3n) is 2.20. The molecule has 15 heavy (non-hydrogen) atoms. The first-order chi connectivity index (χ1) is 7.25. The highest BCUT2D eigenvalue weighted by molar-refractivity contribution is 7.09. The van der Waals surface area contributed by atoms with Crippen LogP contribution in [-0.4, -0.2) is 15.0 Å². The van der Waals surface area contributed by atoms with Gasteiger partial charge >= 0.3 is 0 Å². The van der Waals surface area contributed by atoms with E-state index >= 15 is 0 Å². The lowest BCUT2D eigenvalue weighted by Crippen LogP contribution is -2.12. The lowest BCUT2D eigenvalue weighted by atomic mass is 10.4. The molecule has 4 nitrogen and oxygen atoms in total. The Balaban J connectivity index is 1.83. The van der Waals surface area contributed by atoms with Gasteiger partial charge in [0.25, 0.3) is 0 Å². The molecule has 80 valence electrons. The summed E-state index contributed by atoms with van der Waals surface area (Å²) in [6.07, 6.45) is 1.86. The molecule has 2 N–H and O–H groups in total. The van der Waals surface area contributed by atoms with Crippen molar-refractivity contribution in [1.82, 2.24) is 20.3 Å². The average molecular weight is 222 g/mol. The zero-order valence-electron chi connectivity index (χ0n) is 8.87. The predicted molar refractivity (Wildman–Crippen MR) is 60.7 cm³/mol. The Hall–Kier alpha value is -1.20. The number of aryl methyl sites for hydroxylation is 2. The van der Waals surface area contributed by atoms with Gasteiger partial charge in [0.2, 0.25) is 0 Å². The van der Waals surface area contributed by atoms with Crippen LogP contribution in [0.25, 0.3) is 0 Å². The predicted octanol–water partition coefficient (Wildman–Crippen LogP) is 1.77. The van der Waals surface area contributed by atoms with E-state index in [1.165, 1.54) is 4.88 Å². The Labute approximate surface area is 92.8 Å². The molecule has 0 atom stereocenters. The molecule has 0 fully saturated rings. The van der Waals surface area contributed by atoms with Crippen molar-refractivity contribution in [2.75, 3.05) is 0 Å². The molecule has 0 aromatic carbocycles. The van der Waals surface area contributed by atoms with Crippen LogP contribution in [0.1, 0.15) is 22.1 Å². The third kappa shape index (κ3) is 2.64. The molecule has 2 aromatic heterocycles. The van der Waals surface area contributed by atoms with Crippen molar-refractivity contribution >= 4 is 11.3 Å². The topological polar surface area (TPSA) is 53.6 Å². The van der Waals surface area contributed by atoms with Crippen LogP contribution in [-0.2, 0) is 13.1 Å². The molecular formula is C10H14N4S. The molecule has 0 amide bonds. The normalized spacial score (nSPS) is 10.8. The summed E-state index contributed by atoms with van der Waals surface area (Å²) in [6.45, 7) is 5.68. The molecule has 0 aliphatic carbocycles. The Kier molecular flexibility index (Phi) is 3.13. The number of rotatable bonds is 4. The fourth-order valence-corrected chi connectivity index (χ4v) is 2.11. The second kappa shape index (κ2) is 4.55. The maximum atomic E-state index is 4.20. The molecule has 0 aliphatic heterocycles. The zero-order valence-corrected chi connectivity index (χ0v) is 9.69. The third-order valence-corrected chi connectivity index (χ3v) is 3.14. The van der Waals surface area contributed by atoms with Gasteiger partial charge in [0, 0.05) is 29.9 Å². The monoisotopic (exact) mass is 222 g/mol. The van der Waals surface area contributed by atoms with Gasteiger partial charge in [-0.15, -0.1) is 11.3 Å². The molecule has 0 bridgehead atoms. The minimum atomic E-state index is 0.818. The molecule has 0 saturated heterocycles. The number of aromatic amines is 1. The number of H-pyrrole nitrogens is 1. The minimum absolute atomic E-state index is 0.818. The van der Waals surface area contributed by atoms with Crippen LogP contribution in [0.15, 0.2) is 11.7 Å². The van der Waals surface area contributed by atoms with E-state index < -0.39 is 0 Å². The molecule has 5 heteroatoms. The fourth-order valence-electron chi connectivity index (χ4n) is 1.37. The summed E-state index contributed by atoms with van der Waals surface area (Å²) in [5.74, 6) is 0.959. The summed E-state index contributed by atoms with van der Waals surface area (Å²) in [5.41, 5.74) is 4.12. The van der Waals surface area contributed by atoms with Crippen molar-refractivity contribution in [1.29, 1.82) is 0 Å². The van der Waals surface area contributed by atoms with Gasteiger partial charge in [-0.05, 0) is 13.8 Å². The SMILES string of the molecule is Cc1ncc(CNCc2scnc2C)[nH]1. The number of hydrogen-bond acceptors (Lipinski definition) is 4. The lowest BCUT2D eigenvalue weighted by molar-refractivity contribution is 0.685. The fraction of sp³-hybridized carbons (Fsp3) is 0.400. The number of nitrogens with one attached hydrogen (secondary N) is 2. The molecule has 0 spiro atoms. The van der Waals surface area contributed by atoms with Gasteiger partial charge in [0.15, 0.2) is 0 Å². The first kappa shape index (κ1) is 10.3. The van der Waals surface area contributed by atoms with Gasteiger partial charge in [-0.1, -0.05) is 0 Å². The molecular weight excluding hydrogens is 208 g/mol. The van der Waals surface area contributed by atoms with E-state index in [0.717, 1.165) is 30.3 Å². The van der Waals surface area contributed by atoms with Gasteiger partial charge in [0.05, 0.1) is 11.2 Å². The van der Waals surface area contributed by atoms with Crippen LogP contribution in [0.3, 0.4) is 0 Å². The second-order valence-electron chi connectivity index (χ2n) is 3.46. The van der Waals surface area contributed by atoms with E-state index in [4.69, 9.17) is 0 Å². The van der Waals surface area contributed by atoms with Crippen LogP contribution < -0.4 is 5.32 Å². The number of imidazole rings is 1. The summed E-state index contributed by atoms with van der Waals surface area (Å²) < 4.78 is 0. The minimum Gasteiger partial charge on any atom is -0.345 e. The van der Waals surface area contributed by atoms with Crippen molar-refractivity contribution in [3.05, 3.63) is 33.8 Å². The summed E-state index contributed by atoms with van der Waals surface area (Å²) >= 11 is 1.69. The van der Waals surface area contributed by atoms with Crippen molar-refractivity contribution in [2.24, 2.45) is 0 Å². The average Bonchev–Trinajstić information content (AvgIpc) is 2.77. The van der Waals surface area contributed by atoms with Gasteiger partial charge in [-0.25, -0.2) is 9.97 Å². The highest BCUT2D eigenvalue weighted by Crippen LogP contribution is 2.11. The van der Waals surface area contributed by atoms with E-state index in [-0.39, 0.29) is 0 Å². The number of thiazole rings is 1. The van der Waals surface area contributed by atoms with Crippen molar-refractivity contribution in [2.45, 2.75) is 26.9 Å². The Morgan fingerprint density at radius 1 is 1.33 bits per heavy atom. The second-order valence-corrected chi connectivity index (χ2v) is 4.40. The number of aromatic nitrogens is 3. The molecule has 0 aliphatic rings. The summed E-state index contributed by atoms with van der Waals surface area (Å²) in [6, 6.07) is 0.